The number of aromatic nitrogens is 1. The summed E-state index contributed by atoms with van der Waals surface area (Å²) in [6.07, 6.45) is 10.0. The Morgan fingerprint density at radius 1 is 1.26 bits per heavy atom. The van der Waals surface area contributed by atoms with E-state index in [4.69, 9.17) is 10.6 Å². The van der Waals surface area contributed by atoms with E-state index in [0.29, 0.717) is 11.5 Å². The predicted octanol–water partition coefficient (Wildman–Crippen LogP) is 2.40. The Hall–Kier alpha value is -2.31. The smallest absolute Gasteiger partial charge is 0.261 e. The minimum Gasteiger partial charge on any atom is -0.384 e. The van der Waals surface area contributed by atoms with Gasteiger partial charge in [0.25, 0.3) is 5.91 Å². The van der Waals surface area contributed by atoms with Crippen LogP contribution in [0, 0.1) is 5.92 Å². The van der Waals surface area contributed by atoms with Crippen LogP contribution in [0.5, 0.6) is 0 Å². The quantitative estimate of drug-likeness (QED) is 0.454. The highest BCUT2D eigenvalue weighted by molar-refractivity contribution is 5.97. The fourth-order valence-electron chi connectivity index (χ4n) is 3.84. The van der Waals surface area contributed by atoms with Gasteiger partial charge in [-0.3, -0.25) is 4.79 Å². The first kappa shape index (κ1) is 19.5. The van der Waals surface area contributed by atoms with Gasteiger partial charge in [-0.25, -0.2) is 4.98 Å². The number of carbonyl (C=O) groups is 1. The number of rotatable bonds is 6. The van der Waals surface area contributed by atoms with Gasteiger partial charge in [0.1, 0.15) is 5.82 Å². The molecule has 1 aromatic heterocycles. The molecular formula is C20H31N5O2. The highest BCUT2D eigenvalue weighted by atomic mass is 16.6. The number of nitrogens with two attached hydrogens (primary N) is 1. The molecule has 0 aromatic carbocycles. The fourth-order valence-corrected chi connectivity index (χ4v) is 3.84. The molecule has 27 heavy (non-hydrogen) atoms. The number of nitrogens with zero attached hydrogens (tertiary/aromatic N) is 3. The Labute approximate surface area is 161 Å². The lowest BCUT2D eigenvalue weighted by atomic mass is 9.86. The van der Waals surface area contributed by atoms with Crippen LogP contribution < -0.4 is 16.0 Å². The molecule has 2 aliphatic rings. The van der Waals surface area contributed by atoms with E-state index >= 15 is 0 Å². The van der Waals surface area contributed by atoms with Crippen molar-refractivity contribution in [1.29, 1.82) is 0 Å². The summed E-state index contributed by atoms with van der Waals surface area (Å²) < 4.78 is 0. The van der Waals surface area contributed by atoms with Crippen LogP contribution in [-0.2, 0) is 9.63 Å². The number of nitrogens with one attached hydrogen (secondary N) is 1. The van der Waals surface area contributed by atoms with E-state index in [0.717, 1.165) is 31.7 Å². The zero-order valence-corrected chi connectivity index (χ0v) is 16.2. The Balaban J connectivity index is 1.46. The van der Waals surface area contributed by atoms with Gasteiger partial charge in [-0.2, -0.15) is 0 Å². The van der Waals surface area contributed by atoms with Gasteiger partial charge in [-0.05, 0) is 50.2 Å². The number of anilines is 1. The molecule has 3 N–H and O–H groups in total. The Morgan fingerprint density at radius 3 is 2.74 bits per heavy atom. The van der Waals surface area contributed by atoms with Crippen LogP contribution in [-0.4, -0.2) is 42.5 Å². The maximum atomic E-state index is 12.0. The average molecular weight is 374 g/mol. The van der Waals surface area contributed by atoms with Crippen molar-refractivity contribution in [3.05, 3.63) is 23.9 Å². The minimum absolute atomic E-state index is 0.122. The first-order valence-corrected chi connectivity index (χ1v) is 10.1. The zero-order chi connectivity index (χ0) is 19.1. The van der Waals surface area contributed by atoms with E-state index in [1.54, 1.807) is 6.20 Å². The van der Waals surface area contributed by atoms with Gasteiger partial charge in [0.15, 0.2) is 12.4 Å². The first-order valence-electron chi connectivity index (χ1n) is 10.1. The van der Waals surface area contributed by atoms with E-state index in [9.17, 15) is 4.79 Å². The number of amides is 1. The molecule has 148 valence electrons. The Bertz CT molecular complexity index is 640. The van der Waals surface area contributed by atoms with E-state index in [-0.39, 0.29) is 24.4 Å². The molecule has 0 radical (unpaired) electrons. The SMILES string of the molecule is C[C@@H]1CCCC[C@@H]1NC(=O)CO/N=C(\N)c1ccc(N2CCCCC2)nc1. The fraction of sp³-hybridized carbons (Fsp3) is 0.650. The maximum absolute atomic E-state index is 12.0. The topological polar surface area (TPSA) is 92.8 Å². The molecule has 2 heterocycles. The molecular weight excluding hydrogens is 342 g/mol. The Kier molecular flexibility index (Phi) is 6.90. The number of carbonyl (C=O) groups excluding carboxylic acids is 1. The van der Waals surface area contributed by atoms with Crippen molar-refractivity contribution in [3.63, 3.8) is 0 Å². The van der Waals surface area contributed by atoms with Crippen molar-refractivity contribution < 1.29 is 9.63 Å². The maximum Gasteiger partial charge on any atom is 0.261 e. The molecule has 2 fully saturated rings. The molecule has 1 aromatic rings. The first-order chi connectivity index (χ1) is 13.1. The van der Waals surface area contributed by atoms with E-state index in [2.05, 4.69) is 27.3 Å². The summed E-state index contributed by atoms with van der Waals surface area (Å²) in [6.45, 7) is 4.16. The third-order valence-electron chi connectivity index (χ3n) is 5.54. The van der Waals surface area contributed by atoms with E-state index < -0.39 is 0 Å². The number of hydrogen-bond donors (Lipinski definition) is 2. The van der Waals surface area contributed by atoms with Crippen LogP contribution in [0.15, 0.2) is 23.5 Å². The van der Waals surface area contributed by atoms with Crippen molar-refractivity contribution >= 4 is 17.6 Å². The largest absolute Gasteiger partial charge is 0.384 e. The highest BCUT2D eigenvalue weighted by Crippen LogP contribution is 2.23. The van der Waals surface area contributed by atoms with Gasteiger partial charge in [0.2, 0.25) is 0 Å². The molecule has 1 aliphatic carbocycles. The van der Waals surface area contributed by atoms with Gasteiger partial charge in [0, 0.05) is 30.9 Å². The summed E-state index contributed by atoms with van der Waals surface area (Å²) in [5.74, 6) is 1.56. The number of hydrogen-bond acceptors (Lipinski definition) is 5. The van der Waals surface area contributed by atoms with Crippen LogP contribution in [0.2, 0.25) is 0 Å². The lowest BCUT2D eigenvalue weighted by molar-refractivity contribution is -0.126. The lowest BCUT2D eigenvalue weighted by Gasteiger charge is -2.29. The third kappa shape index (κ3) is 5.58. The normalized spacial score (nSPS) is 23.7. The molecule has 0 unspecified atom stereocenters. The van der Waals surface area contributed by atoms with E-state index in [1.807, 2.05) is 12.1 Å². The highest BCUT2D eigenvalue weighted by Gasteiger charge is 2.22. The van der Waals surface area contributed by atoms with Gasteiger partial charge in [-0.15, -0.1) is 0 Å². The summed E-state index contributed by atoms with van der Waals surface area (Å²) in [5, 5.41) is 6.90. The summed E-state index contributed by atoms with van der Waals surface area (Å²) in [4.78, 5) is 23.9. The predicted molar refractivity (Wildman–Crippen MR) is 107 cm³/mol. The number of piperidine rings is 1. The molecule has 0 bridgehead atoms. The van der Waals surface area contributed by atoms with Crippen molar-refractivity contribution in [2.75, 3.05) is 24.6 Å². The average Bonchev–Trinajstić information content (AvgIpc) is 2.70. The van der Waals surface area contributed by atoms with Gasteiger partial charge < -0.3 is 20.8 Å². The summed E-state index contributed by atoms with van der Waals surface area (Å²) in [6, 6.07) is 4.09. The van der Waals surface area contributed by atoms with E-state index in [1.165, 1.54) is 32.1 Å². The molecule has 7 heteroatoms. The second-order valence-electron chi connectivity index (χ2n) is 7.64. The monoisotopic (exact) mass is 373 g/mol. The molecule has 1 saturated heterocycles. The minimum atomic E-state index is -0.149. The van der Waals surface area contributed by atoms with Crippen molar-refractivity contribution in [2.45, 2.75) is 57.9 Å². The second kappa shape index (κ2) is 9.58. The number of pyridine rings is 1. The standard InChI is InChI=1S/C20H31N5O2/c1-15-7-3-4-8-17(15)23-19(26)14-27-24-20(21)16-9-10-18(22-13-16)25-11-5-2-6-12-25/h9-10,13,15,17H,2-8,11-12,14H2,1H3,(H2,21,24)(H,23,26)/t15-,17+/m1/s1. The number of amidine groups is 1. The van der Waals surface area contributed by atoms with Crippen molar-refractivity contribution in [1.82, 2.24) is 10.3 Å². The molecule has 1 aliphatic heterocycles. The lowest BCUT2D eigenvalue weighted by Crippen LogP contribution is -2.42. The third-order valence-corrected chi connectivity index (χ3v) is 5.54. The van der Waals surface area contributed by atoms with Gasteiger partial charge >= 0.3 is 0 Å². The summed E-state index contributed by atoms with van der Waals surface area (Å²) in [7, 11) is 0. The molecule has 1 amide bonds. The van der Waals surface area contributed by atoms with Crippen LogP contribution in [0.25, 0.3) is 0 Å². The van der Waals surface area contributed by atoms with Gasteiger partial charge in [-0.1, -0.05) is 24.9 Å². The number of oxime groups is 1. The second-order valence-corrected chi connectivity index (χ2v) is 7.64. The molecule has 3 rings (SSSR count). The zero-order valence-electron chi connectivity index (χ0n) is 16.2. The van der Waals surface area contributed by atoms with Gasteiger partial charge in [0.05, 0.1) is 0 Å². The van der Waals surface area contributed by atoms with Crippen LogP contribution in [0.3, 0.4) is 0 Å². The van der Waals surface area contributed by atoms with Crippen LogP contribution >= 0.6 is 0 Å². The van der Waals surface area contributed by atoms with Crippen LogP contribution in [0.1, 0.15) is 57.4 Å². The molecule has 0 spiro atoms. The summed E-state index contributed by atoms with van der Waals surface area (Å²) >= 11 is 0. The molecule has 1 saturated carbocycles. The Morgan fingerprint density at radius 2 is 2.04 bits per heavy atom. The van der Waals surface area contributed by atoms with Crippen molar-refractivity contribution in [3.8, 4) is 0 Å². The molecule has 2 atom stereocenters. The van der Waals surface area contributed by atoms with Crippen molar-refractivity contribution in [2.24, 2.45) is 16.8 Å². The van der Waals surface area contributed by atoms with Crippen LogP contribution in [0.4, 0.5) is 5.82 Å². The summed E-state index contributed by atoms with van der Waals surface area (Å²) in [5.41, 5.74) is 6.65. The molecule has 7 nitrogen and oxygen atoms in total.